The summed E-state index contributed by atoms with van der Waals surface area (Å²) in [5.41, 5.74) is 9.31. The average Bonchev–Trinajstić information content (AvgIpc) is 3.34. The molecule has 7 heteroatoms. The summed E-state index contributed by atoms with van der Waals surface area (Å²) in [6, 6.07) is 17.1. The standard InChI is InChI=1S/C32H34N4O3/c1-20-12-14-23(15-13-20)31(37)35-19-24(17-33)21(2)16-26(35)30-34-28-25-10-6-7-11-27(25)39-29(28)32(38)36(30)18-22-8-4-3-5-9-22/h3-15,21,24-27H,16-19,33H2,1-2H3. The molecule has 5 atom stereocenters. The van der Waals surface area contributed by atoms with E-state index in [9.17, 15) is 9.59 Å². The molecule has 0 radical (unpaired) electrons. The van der Waals surface area contributed by atoms with Crippen molar-refractivity contribution in [3.8, 4) is 5.75 Å². The molecule has 1 amide bonds. The smallest absolute Gasteiger partial charge is 0.296 e. The van der Waals surface area contributed by atoms with E-state index in [0.29, 0.717) is 48.9 Å². The number of aromatic nitrogens is 2. The second-order valence-electron chi connectivity index (χ2n) is 11.0. The Hall–Kier alpha value is -3.97. The maximum Gasteiger partial charge on any atom is 0.296 e. The first-order valence-electron chi connectivity index (χ1n) is 13.7. The number of fused-ring (bicyclic) bond motifs is 3. The van der Waals surface area contributed by atoms with Gasteiger partial charge < -0.3 is 15.4 Å². The predicted octanol–water partition coefficient (Wildman–Crippen LogP) is 4.37. The summed E-state index contributed by atoms with van der Waals surface area (Å²) in [6.07, 6.45) is 8.34. The molecule has 7 nitrogen and oxygen atoms in total. The summed E-state index contributed by atoms with van der Waals surface area (Å²) in [6.45, 7) is 5.54. The third kappa shape index (κ3) is 4.61. The Morgan fingerprint density at radius 2 is 1.82 bits per heavy atom. The number of piperidine rings is 1. The molecule has 2 aromatic carbocycles. The highest BCUT2D eigenvalue weighted by Crippen LogP contribution is 2.41. The van der Waals surface area contributed by atoms with E-state index in [1.165, 1.54) is 0 Å². The number of nitrogens with two attached hydrogens (primary N) is 1. The number of ether oxygens (including phenoxy) is 1. The van der Waals surface area contributed by atoms with Gasteiger partial charge >= 0.3 is 0 Å². The molecule has 1 fully saturated rings. The summed E-state index contributed by atoms with van der Waals surface area (Å²) in [7, 11) is 0. The molecule has 6 rings (SSSR count). The normalized spacial score (nSPS) is 25.2. The minimum atomic E-state index is -0.375. The number of allylic oxidation sites excluding steroid dienone is 2. The lowest BCUT2D eigenvalue weighted by Crippen LogP contribution is -2.49. The number of hydrogen-bond donors (Lipinski definition) is 1. The maximum atomic E-state index is 14.1. The molecule has 0 bridgehead atoms. The zero-order valence-electron chi connectivity index (χ0n) is 22.4. The molecule has 1 aliphatic carbocycles. The van der Waals surface area contributed by atoms with Crippen LogP contribution in [0.4, 0.5) is 0 Å². The van der Waals surface area contributed by atoms with E-state index in [1.807, 2.05) is 90.7 Å². The molecule has 3 aromatic rings. The van der Waals surface area contributed by atoms with E-state index in [2.05, 4.69) is 6.92 Å². The monoisotopic (exact) mass is 522 g/mol. The SMILES string of the molecule is Cc1ccc(C(=O)N2CC(CN)C(C)CC2c2nc3c(c(=O)n2Cc2ccccc2)OC2C=CC=CC32)cc1. The predicted molar refractivity (Wildman–Crippen MR) is 151 cm³/mol. The van der Waals surface area contributed by atoms with Crippen LogP contribution in [0, 0.1) is 18.8 Å². The highest BCUT2D eigenvalue weighted by atomic mass is 16.5. The van der Waals surface area contributed by atoms with Crippen molar-refractivity contribution in [3.05, 3.63) is 117 Å². The fraction of sp³-hybridized carbons (Fsp3) is 0.344. The first-order valence-corrected chi connectivity index (χ1v) is 13.7. The largest absolute Gasteiger partial charge is 0.478 e. The van der Waals surface area contributed by atoms with E-state index in [4.69, 9.17) is 15.5 Å². The van der Waals surface area contributed by atoms with Gasteiger partial charge in [-0.1, -0.05) is 73.2 Å². The van der Waals surface area contributed by atoms with Crippen LogP contribution in [0.1, 0.15) is 58.3 Å². The van der Waals surface area contributed by atoms with Gasteiger partial charge in [0, 0.05) is 12.1 Å². The number of amides is 1. The Morgan fingerprint density at radius 3 is 2.56 bits per heavy atom. The van der Waals surface area contributed by atoms with Crippen LogP contribution in [-0.4, -0.2) is 39.6 Å². The van der Waals surface area contributed by atoms with Crippen LogP contribution in [0.15, 0.2) is 83.7 Å². The summed E-state index contributed by atoms with van der Waals surface area (Å²) in [4.78, 5) is 35.2. The lowest BCUT2D eigenvalue weighted by Gasteiger charge is -2.43. The Morgan fingerprint density at radius 1 is 1.08 bits per heavy atom. The highest BCUT2D eigenvalue weighted by molar-refractivity contribution is 5.94. The minimum Gasteiger partial charge on any atom is -0.478 e. The Balaban J connectivity index is 1.50. The summed E-state index contributed by atoms with van der Waals surface area (Å²) in [5.74, 6) is 1.15. The number of benzene rings is 2. The molecule has 1 saturated heterocycles. The maximum absolute atomic E-state index is 14.1. The molecule has 0 saturated carbocycles. The van der Waals surface area contributed by atoms with E-state index in [0.717, 1.165) is 11.1 Å². The quantitative estimate of drug-likeness (QED) is 0.538. The van der Waals surface area contributed by atoms with Crippen molar-refractivity contribution >= 4 is 5.91 Å². The number of carbonyl (C=O) groups is 1. The lowest BCUT2D eigenvalue weighted by atomic mass is 9.82. The van der Waals surface area contributed by atoms with Gasteiger partial charge in [0.05, 0.1) is 18.5 Å². The van der Waals surface area contributed by atoms with Gasteiger partial charge in [-0.15, -0.1) is 0 Å². The molecule has 0 spiro atoms. The van der Waals surface area contributed by atoms with Crippen molar-refractivity contribution in [1.82, 2.24) is 14.5 Å². The minimum absolute atomic E-state index is 0.0685. The zero-order valence-corrected chi connectivity index (χ0v) is 22.4. The fourth-order valence-corrected chi connectivity index (χ4v) is 6.03. The third-order valence-corrected chi connectivity index (χ3v) is 8.39. The molecule has 39 heavy (non-hydrogen) atoms. The van der Waals surface area contributed by atoms with E-state index < -0.39 is 0 Å². The first-order chi connectivity index (χ1) is 18.9. The molecule has 2 N–H and O–H groups in total. The van der Waals surface area contributed by atoms with Crippen LogP contribution >= 0.6 is 0 Å². The highest BCUT2D eigenvalue weighted by Gasteiger charge is 2.42. The molecular formula is C32H34N4O3. The van der Waals surface area contributed by atoms with Crippen molar-refractivity contribution in [2.45, 2.75) is 44.9 Å². The fourth-order valence-electron chi connectivity index (χ4n) is 6.03. The number of hydrogen-bond acceptors (Lipinski definition) is 5. The van der Waals surface area contributed by atoms with Gasteiger partial charge in [-0.2, -0.15) is 0 Å². The van der Waals surface area contributed by atoms with Gasteiger partial charge in [0.2, 0.25) is 5.75 Å². The van der Waals surface area contributed by atoms with Crippen molar-refractivity contribution in [2.75, 3.05) is 13.1 Å². The average molecular weight is 523 g/mol. The number of carbonyl (C=O) groups excluding carboxylic acids is 1. The van der Waals surface area contributed by atoms with Gasteiger partial charge in [0.25, 0.3) is 11.5 Å². The van der Waals surface area contributed by atoms with Crippen molar-refractivity contribution in [1.29, 1.82) is 0 Å². The Labute approximate surface area is 228 Å². The van der Waals surface area contributed by atoms with E-state index in [-0.39, 0.29) is 41.4 Å². The topological polar surface area (TPSA) is 90.5 Å². The molecule has 3 heterocycles. The summed E-state index contributed by atoms with van der Waals surface area (Å²) < 4.78 is 7.86. The molecule has 200 valence electrons. The van der Waals surface area contributed by atoms with Gasteiger partial charge in [-0.3, -0.25) is 14.2 Å². The lowest BCUT2D eigenvalue weighted by molar-refractivity contribution is 0.0400. The van der Waals surface area contributed by atoms with Crippen LogP contribution in [0.25, 0.3) is 0 Å². The van der Waals surface area contributed by atoms with Crippen LogP contribution in [0.2, 0.25) is 0 Å². The second kappa shape index (κ2) is 10.3. The van der Waals surface area contributed by atoms with Crippen LogP contribution in [0.5, 0.6) is 5.75 Å². The molecule has 5 unspecified atom stereocenters. The first kappa shape index (κ1) is 25.3. The molecule has 1 aromatic heterocycles. The molecule has 3 aliphatic rings. The molecule has 2 aliphatic heterocycles. The Kier molecular flexibility index (Phi) is 6.69. The number of likely N-dealkylation sites (tertiary alicyclic amines) is 1. The van der Waals surface area contributed by atoms with Gasteiger partial charge in [0.1, 0.15) is 17.6 Å². The number of nitrogens with zero attached hydrogens (tertiary/aromatic N) is 3. The third-order valence-electron chi connectivity index (χ3n) is 8.39. The van der Waals surface area contributed by atoms with Crippen molar-refractivity contribution < 1.29 is 9.53 Å². The number of aryl methyl sites for hydroxylation is 1. The van der Waals surface area contributed by atoms with Crippen LogP contribution in [0.3, 0.4) is 0 Å². The van der Waals surface area contributed by atoms with Crippen LogP contribution < -0.4 is 16.0 Å². The van der Waals surface area contributed by atoms with Gasteiger partial charge in [-0.25, -0.2) is 4.98 Å². The van der Waals surface area contributed by atoms with Crippen molar-refractivity contribution in [2.24, 2.45) is 17.6 Å². The molecular weight excluding hydrogens is 488 g/mol. The van der Waals surface area contributed by atoms with E-state index in [1.54, 1.807) is 4.57 Å². The van der Waals surface area contributed by atoms with Gasteiger partial charge in [0.15, 0.2) is 0 Å². The van der Waals surface area contributed by atoms with Gasteiger partial charge in [-0.05, 0) is 55.5 Å². The number of rotatable bonds is 5. The van der Waals surface area contributed by atoms with Crippen LogP contribution in [-0.2, 0) is 6.54 Å². The zero-order chi connectivity index (χ0) is 27.1. The van der Waals surface area contributed by atoms with E-state index >= 15 is 0 Å². The van der Waals surface area contributed by atoms with Crippen molar-refractivity contribution in [3.63, 3.8) is 0 Å². The second-order valence-corrected chi connectivity index (χ2v) is 11.0. The summed E-state index contributed by atoms with van der Waals surface area (Å²) in [5, 5.41) is 0. The Bertz CT molecular complexity index is 1490. The summed E-state index contributed by atoms with van der Waals surface area (Å²) >= 11 is 0.